The minimum Gasteiger partial charge on any atom is -0.397 e. The van der Waals surface area contributed by atoms with Crippen LogP contribution in [0.5, 0.6) is 0 Å². The molecule has 1 unspecified atom stereocenters. The van der Waals surface area contributed by atoms with Gasteiger partial charge in [0.05, 0.1) is 23.1 Å². The molecule has 0 saturated carbocycles. The van der Waals surface area contributed by atoms with Crippen LogP contribution in [-0.2, 0) is 6.18 Å². The third kappa shape index (κ3) is 6.19. The number of aryl methyl sites for hydroxylation is 1. The van der Waals surface area contributed by atoms with Gasteiger partial charge in [-0.3, -0.25) is 14.8 Å². The van der Waals surface area contributed by atoms with Crippen LogP contribution in [0.2, 0.25) is 0 Å². The molecule has 6 N–H and O–H groups in total. The van der Waals surface area contributed by atoms with Gasteiger partial charge in [0.25, 0.3) is 5.91 Å². The van der Waals surface area contributed by atoms with E-state index in [-0.39, 0.29) is 23.5 Å². The van der Waals surface area contributed by atoms with Crippen LogP contribution in [0.1, 0.15) is 33.5 Å². The molecule has 1 fully saturated rings. The molecule has 2 heterocycles. The van der Waals surface area contributed by atoms with E-state index in [1.54, 1.807) is 48.5 Å². The number of nitrogens with two attached hydrogens (primary N) is 2. The van der Waals surface area contributed by atoms with Crippen molar-refractivity contribution in [3.8, 4) is 0 Å². The van der Waals surface area contributed by atoms with Crippen LogP contribution in [0.3, 0.4) is 0 Å². The van der Waals surface area contributed by atoms with Gasteiger partial charge in [-0.05, 0) is 61.4 Å². The molecule has 1 aliphatic heterocycles. The van der Waals surface area contributed by atoms with Crippen molar-refractivity contribution in [2.24, 2.45) is 11.6 Å². The fourth-order valence-corrected chi connectivity index (χ4v) is 4.07. The van der Waals surface area contributed by atoms with Crippen molar-refractivity contribution >= 4 is 28.7 Å². The summed E-state index contributed by atoms with van der Waals surface area (Å²) in [5.74, 6) is 5.59. The van der Waals surface area contributed by atoms with Gasteiger partial charge in [0, 0.05) is 54.2 Å². The number of nitrogens with one attached hydrogen (secondary N) is 1. The first kappa shape index (κ1) is 26.0. The summed E-state index contributed by atoms with van der Waals surface area (Å²) in [4.78, 5) is 18.7. The number of anilines is 3. The lowest BCUT2D eigenvalue weighted by Crippen LogP contribution is -2.27. The molecule has 1 atom stereocenters. The van der Waals surface area contributed by atoms with E-state index in [9.17, 15) is 23.1 Å². The van der Waals surface area contributed by atoms with Crippen molar-refractivity contribution in [3.05, 3.63) is 89.4 Å². The van der Waals surface area contributed by atoms with Gasteiger partial charge >= 0.3 is 6.18 Å². The summed E-state index contributed by atoms with van der Waals surface area (Å²) in [6.07, 6.45) is -0.0673. The Morgan fingerprint density at radius 2 is 2.00 bits per heavy atom. The van der Waals surface area contributed by atoms with E-state index in [4.69, 9.17) is 11.6 Å². The van der Waals surface area contributed by atoms with Crippen molar-refractivity contribution in [1.29, 1.82) is 0 Å². The molecule has 37 heavy (non-hydrogen) atoms. The highest BCUT2D eigenvalue weighted by atomic mass is 19.4. The predicted molar refractivity (Wildman–Crippen MR) is 136 cm³/mol. The first-order valence-electron chi connectivity index (χ1n) is 11.5. The van der Waals surface area contributed by atoms with E-state index in [0.29, 0.717) is 29.9 Å². The Kier molecular flexibility index (Phi) is 7.37. The zero-order valence-corrected chi connectivity index (χ0v) is 20.0. The quantitative estimate of drug-likeness (QED) is 0.292. The van der Waals surface area contributed by atoms with Crippen LogP contribution < -0.4 is 26.8 Å². The van der Waals surface area contributed by atoms with Crippen molar-refractivity contribution < 1.29 is 23.1 Å². The number of nitrogens with zero attached hydrogens (tertiary/aromatic N) is 3. The lowest BCUT2D eigenvalue weighted by molar-refractivity contribution is -0.137. The molecule has 2 aromatic carbocycles. The molecule has 0 bridgehead atoms. The SMILES string of the molecule is Cc1ccc(C(=O)Nc2cc(N3CCC(O)C3)cc(C(F)(F)F)c2)cc1N(N)/C=C(\N)c1cccnc1. The maximum absolute atomic E-state index is 13.6. The molecule has 1 aromatic heterocycles. The Morgan fingerprint density at radius 1 is 1.22 bits per heavy atom. The third-order valence-electron chi connectivity index (χ3n) is 6.05. The third-order valence-corrected chi connectivity index (χ3v) is 6.05. The second-order valence-corrected chi connectivity index (χ2v) is 8.84. The molecule has 1 aliphatic rings. The average molecular weight is 513 g/mol. The van der Waals surface area contributed by atoms with Gasteiger partial charge in [-0.1, -0.05) is 6.07 Å². The first-order valence-corrected chi connectivity index (χ1v) is 11.5. The van der Waals surface area contributed by atoms with Crippen LogP contribution in [0.15, 0.2) is 67.1 Å². The van der Waals surface area contributed by atoms with Crippen LogP contribution in [0, 0.1) is 6.92 Å². The fourth-order valence-electron chi connectivity index (χ4n) is 4.07. The number of amides is 1. The molecule has 0 aliphatic carbocycles. The summed E-state index contributed by atoms with van der Waals surface area (Å²) in [6, 6.07) is 11.6. The minimum atomic E-state index is -4.61. The monoisotopic (exact) mass is 512 g/mol. The van der Waals surface area contributed by atoms with Crippen LogP contribution in [0.4, 0.5) is 30.2 Å². The largest absolute Gasteiger partial charge is 0.416 e. The maximum Gasteiger partial charge on any atom is 0.416 e. The van der Waals surface area contributed by atoms with Gasteiger partial charge in [-0.15, -0.1) is 0 Å². The number of benzene rings is 2. The molecule has 1 amide bonds. The van der Waals surface area contributed by atoms with E-state index in [2.05, 4.69) is 10.3 Å². The number of hydrogen-bond donors (Lipinski definition) is 4. The van der Waals surface area contributed by atoms with Crippen molar-refractivity contribution in [1.82, 2.24) is 4.98 Å². The zero-order valence-electron chi connectivity index (χ0n) is 20.0. The Balaban J connectivity index is 1.59. The van der Waals surface area contributed by atoms with Gasteiger partial charge in [-0.25, -0.2) is 5.84 Å². The summed E-state index contributed by atoms with van der Waals surface area (Å²) in [7, 11) is 0. The number of rotatable bonds is 6. The fraction of sp³-hybridized carbons (Fsp3) is 0.231. The van der Waals surface area contributed by atoms with Crippen molar-refractivity contribution in [2.75, 3.05) is 28.3 Å². The maximum atomic E-state index is 13.6. The summed E-state index contributed by atoms with van der Waals surface area (Å²) < 4.78 is 40.7. The second-order valence-electron chi connectivity index (χ2n) is 8.84. The normalized spacial score (nSPS) is 16.1. The number of alkyl halides is 3. The van der Waals surface area contributed by atoms with E-state index >= 15 is 0 Å². The summed E-state index contributed by atoms with van der Waals surface area (Å²) in [6.45, 7) is 2.44. The molecule has 1 saturated heterocycles. The number of aliphatic hydroxyl groups is 1. The van der Waals surface area contributed by atoms with Crippen LogP contribution >= 0.6 is 0 Å². The molecule has 194 valence electrons. The molecule has 8 nitrogen and oxygen atoms in total. The number of halogens is 3. The first-order chi connectivity index (χ1) is 17.5. The number of β-amino-alcohol motifs (C(OH)–C–C–N with tert-alkyl or cyclic N) is 1. The number of pyridine rings is 1. The topological polar surface area (TPSA) is 121 Å². The standard InChI is InChI=1S/C26H27F3N6O2/c1-16-4-5-17(9-24(16)35(31)15-23(30)18-3-2-7-32-13-18)25(37)33-20-10-19(26(27,28)29)11-21(12-20)34-8-6-22(36)14-34/h2-5,7,9-13,15,22,36H,6,8,14,30-31H2,1H3,(H,33,37)/b23-15-. The Morgan fingerprint density at radius 3 is 2.65 bits per heavy atom. The highest BCUT2D eigenvalue weighted by Crippen LogP contribution is 2.35. The summed E-state index contributed by atoms with van der Waals surface area (Å²) >= 11 is 0. The lowest BCUT2D eigenvalue weighted by atomic mass is 10.1. The number of hydrazine groups is 1. The predicted octanol–water partition coefficient (Wildman–Crippen LogP) is 3.87. The van der Waals surface area contributed by atoms with E-state index in [0.717, 1.165) is 17.7 Å². The van der Waals surface area contributed by atoms with Gasteiger partial charge < -0.3 is 21.1 Å². The Labute approximate surface area is 212 Å². The number of aliphatic hydroxyl groups excluding tert-OH is 1. The molecule has 3 aromatic rings. The molecular formula is C26H27F3N6O2. The summed E-state index contributed by atoms with van der Waals surface area (Å²) in [5, 5.41) is 13.6. The van der Waals surface area contributed by atoms with E-state index < -0.39 is 23.8 Å². The molecule has 0 spiro atoms. The lowest BCUT2D eigenvalue weighted by Gasteiger charge is -2.21. The van der Waals surface area contributed by atoms with Gasteiger partial charge in [0.15, 0.2) is 0 Å². The molecular weight excluding hydrogens is 485 g/mol. The highest BCUT2D eigenvalue weighted by Gasteiger charge is 2.32. The van der Waals surface area contributed by atoms with E-state index in [1.165, 1.54) is 23.3 Å². The van der Waals surface area contributed by atoms with Crippen molar-refractivity contribution in [2.45, 2.75) is 25.6 Å². The van der Waals surface area contributed by atoms with Gasteiger partial charge in [-0.2, -0.15) is 13.2 Å². The molecule has 0 radical (unpaired) electrons. The Hall–Kier alpha value is -4.09. The second kappa shape index (κ2) is 10.5. The van der Waals surface area contributed by atoms with Crippen molar-refractivity contribution in [3.63, 3.8) is 0 Å². The van der Waals surface area contributed by atoms with E-state index in [1.807, 2.05) is 0 Å². The number of carbonyl (C=O) groups is 1. The number of aromatic nitrogens is 1. The Bertz CT molecular complexity index is 1310. The average Bonchev–Trinajstić information content (AvgIpc) is 3.30. The van der Waals surface area contributed by atoms with Gasteiger partial charge in [0.2, 0.25) is 0 Å². The van der Waals surface area contributed by atoms with Crippen LogP contribution in [-0.4, -0.2) is 35.2 Å². The summed E-state index contributed by atoms with van der Waals surface area (Å²) in [5.41, 5.74) is 7.93. The zero-order chi connectivity index (χ0) is 26.7. The highest BCUT2D eigenvalue weighted by molar-refractivity contribution is 6.05. The molecule has 4 rings (SSSR count). The molecule has 11 heteroatoms. The van der Waals surface area contributed by atoms with Gasteiger partial charge in [0.1, 0.15) is 0 Å². The smallest absolute Gasteiger partial charge is 0.397 e. The number of hydrogen-bond acceptors (Lipinski definition) is 7. The number of carbonyl (C=O) groups excluding carboxylic acids is 1. The van der Waals surface area contributed by atoms with Crippen LogP contribution in [0.25, 0.3) is 5.70 Å². The minimum absolute atomic E-state index is 0.0105.